The summed E-state index contributed by atoms with van der Waals surface area (Å²) in [4.78, 5) is 14.6. The molecule has 4 aromatic rings. The first-order chi connectivity index (χ1) is 15.8. The molecule has 5 nitrogen and oxygen atoms in total. The first-order valence-corrected chi connectivity index (χ1v) is 11.1. The minimum Gasteiger partial charge on any atom is -0.363 e. The molecule has 5 heteroatoms. The van der Waals surface area contributed by atoms with Crippen LogP contribution in [0, 0.1) is 20.8 Å². The van der Waals surface area contributed by atoms with Crippen molar-refractivity contribution in [1.82, 2.24) is 15.0 Å². The quantitative estimate of drug-likeness (QED) is 0.430. The molecular weight excluding hydrogens is 406 g/mol. The third-order valence-electron chi connectivity index (χ3n) is 5.75. The molecule has 1 aromatic carbocycles. The number of benzene rings is 1. The SMILES string of the molecule is Cc1cc(-c2[nH]c3cc(-c4ccc(N(C)C)nc4)ccc3c2C)cc(C)n1.NC1C=CC=C1. The van der Waals surface area contributed by atoms with Gasteiger partial charge in [0.05, 0.1) is 0 Å². The lowest BCUT2D eigenvalue weighted by molar-refractivity contribution is 1.05. The number of aromatic amines is 1. The van der Waals surface area contributed by atoms with E-state index in [1.165, 1.54) is 16.5 Å². The van der Waals surface area contributed by atoms with Gasteiger partial charge in [0.1, 0.15) is 5.82 Å². The third-order valence-corrected chi connectivity index (χ3v) is 5.75. The van der Waals surface area contributed by atoms with E-state index in [-0.39, 0.29) is 6.04 Å². The number of aryl methyl sites for hydroxylation is 3. The number of fused-ring (bicyclic) bond motifs is 1. The number of nitrogens with zero attached hydrogens (tertiary/aromatic N) is 3. The van der Waals surface area contributed by atoms with E-state index in [2.05, 4.69) is 58.3 Å². The molecule has 0 amide bonds. The Morgan fingerprint density at radius 1 is 0.848 bits per heavy atom. The van der Waals surface area contributed by atoms with Crippen LogP contribution < -0.4 is 10.6 Å². The smallest absolute Gasteiger partial charge is 0.127 e. The van der Waals surface area contributed by atoms with Crippen LogP contribution in [0.25, 0.3) is 33.3 Å². The standard InChI is InChI=1S/C23H24N4.C5H7N/c1-14-10-19(11-15(2)25-14)23-16(3)20-8-6-17(12-21(20)26-23)18-7-9-22(24-13-18)27(4)5;6-5-3-1-2-4-5/h6-13,26H,1-5H3;1-5H,6H2. The van der Waals surface area contributed by atoms with Gasteiger partial charge in [0.15, 0.2) is 0 Å². The third kappa shape index (κ3) is 5.04. The molecule has 0 spiro atoms. The summed E-state index contributed by atoms with van der Waals surface area (Å²) in [5.74, 6) is 0.959. The summed E-state index contributed by atoms with van der Waals surface area (Å²) < 4.78 is 0. The Morgan fingerprint density at radius 2 is 1.52 bits per heavy atom. The van der Waals surface area contributed by atoms with Crippen LogP contribution in [-0.2, 0) is 0 Å². The highest BCUT2D eigenvalue weighted by Gasteiger charge is 2.12. The van der Waals surface area contributed by atoms with Gasteiger partial charge in [0, 0.05) is 65.4 Å². The highest BCUT2D eigenvalue weighted by Crippen LogP contribution is 2.33. The van der Waals surface area contributed by atoms with Crippen molar-refractivity contribution in [3.63, 3.8) is 0 Å². The molecule has 0 bridgehead atoms. The summed E-state index contributed by atoms with van der Waals surface area (Å²) in [5, 5.41) is 1.25. The van der Waals surface area contributed by atoms with Crippen LogP contribution in [0.1, 0.15) is 17.0 Å². The lowest BCUT2D eigenvalue weighted by Crippen LogP contribution is -2.09. The first-order valence-electron chi connectivity index (χ1n) is 11.1. The van der Waals surface area contributed by atoms with Gasteiger partial charge in [-0.3, -0.25) is 4.98 Å². The predicted molar refractivity (Wildman–Crippen MR) is 140 cm³/mol. The molecule has 33 heavy (non-hydrogen) atoms. The Balaban J connectivity index is 0.000000376. The fraction of sp³-hybridized carbons (Fsp3) is 0.214. The first kappa shape index (κ1) is 22.5. The maximum absolute atomic E-state index is 5.36. The zero-order valence-electron chi connectivity index (χ0n) is 19.9. The zero-order chi connectivity index (χ0) is 23.5. The molecule has 5 rings (SSSR count). The molecule has 0 fully saturated rings. The Bertz CT molecular complexity index is 1290. The second-order valence-electron chi connectivity index (χ2n) is 8.67. The zero-order valence-corrected chi connectivity index (χ0v) is 19.9. The number of allylic oxidation sites excluding steroid dienone is 2. The summed E-state index contributed by atoms with van der Waals surface area (Å²) in [6.07, 6.45) is 9.72. The molecule has 0 aliphatic heterocycles. The van der Waals surface area contributed by atoms with Crippen LogP contribution >= 0.6 is 0 Å². The maximum atomic E-state index is 5.36. The summed E-state index contributed by atoms with van der Waals surface area (Å²) in [5.41, 5.74) is 14.5. The highest BCUT2D eigenvalue weighted by atomic mass is 15.1. The average molecular weight is 438 g/mol. The van der Waals surface area contributed by atoms with E-state index in [1.54, 1.807) is 0 Å². The second kappa shape index (κ2) is 9.43. The Labute approximate surface area is 195 Å². The lowest BCUT2D eigenvalue weighted by atomic mass is 10.0. The Hall–Kier alpha value is -3.70. The van der Waals surface area contributed by atoms with Crippen molar-refractivity contribution in [2.24, 2.45) is 5.73 Å². The number of hydrogen-bond donors (Lipinski definition) is 2. The van der Waals surface area contributed by atoms with Crippen LogP contribution in [-0.4, -0.2) is 35.1 Å². The number of aromatic nitrogens is 3. The van der Waals surface area contributed by atoms with Gasteiger partial charge < -0.3 is 15.6 Å². The van der Waals surface area contributed by atoms with E-state index in [9.17, 15) is 0 Å². The molecule has 0 atom stereocenters. The largest absolute Gasteiger partial charge is 0.363 e. The van der Waals surface area contributed by atoms with Gasteiger partial charge in [-0.05, 0) is 62.2 Å². The fourth-order valence-corrected chi connectivity index (χ4v) is 4.06. The van der Waals surface area contributed by atoms with Gasteiger partial charge in [-0.25, -0.2) is 4.98 Å². The van der Waals surface area contributed by atoms with Crippen LogP contribution in [0.15, 0.2) is 73.0 Å². The number of anilines is 1. The molecule has 1 aliphatic carbocycles. The molecule has 168 valence electrons. The average Bonchev–Trinajstić information content (AvgIpc) is 3.40. The van der Waals surface area contributed by atoms with Crippen molar-refractivity contribution in [3.05, 3.63) is 89.9 Å². The molecule has 3 heterocycles. The Kier molecular flexibility index (Phi) is 6.43. The van der Waals surface area contributed by atoms with Gasteiger partial charge in [0.25, 0.3) is 0 Å². The maximum Gasteiger partial charge on any atom is 0.127 e. The lowest BCUT2D eigenvalue weighted by Gasteiger charge is -2.11. The Morgan fingerprint density at radius 3 is 2.06 bits per heavy atom. The molecule has 0 unspecified atom stereocenters. The summed E-state index contributed by atoms with van der Waals surface area (Å²) in [6.45, 7) is 6.25. The van der Waals surface area contributed by atoms with Crippen molar-refractivity contribution in [1.29, 1.82) is 0 Å². The predicted octanol–water partition coefficient (Wildman–Crippen LogP) is 5.72. The van der Waals surface area contributed by atoms with E-state index in [4.69, 9.17) is 5.73 Å². The summed E-state index contributed by atoms with van der Waals surface area (Å²) in [6, 6.07) is 15.2. The van der Waals surface area contributed by atoms with E-state index in [1.807, 2.05) is 69.4 Å². The number of nitrogens with two attached hydrogens (primary N) is 1. The van der Waals surface area contributed by atoms with Crippen LogP contribution in [0.3, 0.4) is 0 Å². The molecule has 3 aromatic heterocycles. The molecule has 0 radical (unpaired) electrons. The molecule has 0 saturated carbocycles. The van der Waals surface area contributed by atoms with Gasteiger partial charge >= 0.3 is 0 Å². The van der Waals surface area contributed by atoms with E-state index >= 15 is 0 Å². The normalized spacial score (nSPS) is 12.8. The number of hydrogen-bond acceptors (Lipinski definition) is 4. The van der Waals surface area contributed by atoms with Gasteiger partial charge in [0.2, 0.25) is 0 Å². The van der Waals surface area contributed by atoms with Crippen LogP contribution in [0.5, 0.6) is 0 Å². The molecular formula is C28H31N5. The number of rotatable bonds is 3. The number of pyridine rings is 2. The minimum absolute atomic E-state index is 0.185. The minimum atomic E-state index is 0.185. The van der Waals surface area contributed by atoms with Crippen LogP contribution in [0.2, 0.25) is 0 Å². The monoisotopic (exact) mass is 437 g/mol. The van der Waals surface area contributed by atoms with Crippen molar-refractivity contribution in [2.45, 2.75) is 26.8 Å². The van der Waals surface area contributed by atoms with Gasteiger partial charge in [-0.2, -0.15) is 0 Å². The van der Waals surface area contributed by atoms with Crippen molar-refractivity contribution in [2.75, 3.05) is 19.0 Å². The van der Waals surface area contributed by atoms with E-state index in [0.29, 0.717) is 0 Å². The van der Waals surface area contributed by atoms with Crippen molar-refractivity contribution < 1.29 is 0 Å². The summed E-state index contributed by atoms with van der Waals surface area (Å²) in [7, 11) is 4.00. The van der Waals surface area contributed by atoms with E-state index in [0.717, 1.165) is 39.5 Å². The van der Waals surface area contributed by atoms with Gasteiger partial charge in [-0.1, -0.05) is 36.4 Å². The topological polar surface area (TPSA) is 70.8 Å². The summed E-state index contributed by atoms with van der Waals surface area (Å²) >= 11 is 0. The van der Waals surface area contributed by atoms with Crippen LogP contribution in [0.4, 0.5) is 5.82 Å². The highest BCUT2D eigenvalue weighted by molar-refractivity contribution is 5.93. The molecule has 0 saturated heterocycles. The van der Waals surface area contributed by atoms with E-state index < -0.39 is 0 Å². The van der Waals surface area contributed by atoms with Gasteiger partial charge in [-0.15, -0.1) is 0 Å². The van der Waals surface area contributed by atoms with Crippen molar-refractivity contribution >= 4 is 16.7 Å². The van der Waals surface area contributed by atoms with Crippen molar-refractivity contribution in [3.8, 4) is 22.4 Å². The molecule has 3 N–H and O–H groups in total. The number of H-pyrrole nitrogens is 1. The number of nitrogens with one attached hydrogen (secondary N) is 1. The molecule has 1 aliphatic rings. The fourth-order valence-electron chi connectivity index (χ4n) is 4.06. The second-order valence-corrected chi connectivity index (χ2v) is 8.67.